The Morgan fingerprint density at radius 2 is 2.00 bits per heavy atom. The summed E-state index contributed by atoms with van der Waals surface area (Å²) in [6.45, 7) is 8.74. The highest BCUT2D eigenvalue weighted by Gasteiger charge is 1.98. The standard InChI is InChI=1S/C15H22O/c1-4-5-6-7-8-11-16-15-10-9-13(2)12-14(15)3/h4,9-10,12H,1,5-8,11H2,2-3H3. The first-order valence-electron chi connectivity index (χ1n) is 6.05. The van der Waals surface area contributed by atoms with Gasteiger partial charge in [-0.15, -0.1) is 6.58 Å². The van der Waals surface area contributed by atoms with Gasteiger partial charge in [0.25, 0.3) is 0 Å². The molecule has 0 fully saturated rings. The Morgan fingerprint density at radius 1 is 1.19 bits per heavy atom. The molecule has 0 atom stereocenters. The maximum atomic E-state index is 5.75. The third-order valence-corrected chi connectivity index (χ3v) is 2.64. The summed E-state index contributed by atoms with van der Waals surface area (Å²) in [7, 11) is 0. The van der Waals surface area contributed by atoms with E-state index in [4.69, 9.17) is 4.74 Å². The van der Waals surface area contributed by atoms with Crippen LogP contribution in [0.3, 0.4) is 0 Å². The topological polar surface area (TPSA) is 9.23 Å². The molecule has 0 saturated carbocycles. The number of hydrogen-bond donors (Lipinski definition) is 0. The maximum Gasteiger partial charge on any atom is 0.122 e. The van der Waals surface area contributed by atoms with Crippen LogP contribution in [0.5, 0.6) is 5.75 Å². The van der Waals surface area contributed by atoms with Crippen molar-refractivity contribution < 1.29 is 4.74 Å². The molecule has 1 aromatic rings. The summed E-state index contributed by atoms with van der Waals surface area (Å²) in [5.41, 5.74) is 2.52. The van der Waals surface area contributed by atoms with Gasteiger partial charge in [0.05, 0.1) is 6.61 Å². The summed E-state index contributed by atoms with van der Waals surface area (Å²) in [6.07, 6.45) is 6.66. The summed E-state index contributed by atoms with van der Waals surface area (Å²) < 4.78 is 5.75. The summed E-state index contributed by atoms with van der Waals surface area (Å²) in [6, 6.07) is 6.32. The summed E-state index contributed by atoms with van der Waals surface area (Å²) in [5.74, 6) is 1.02. The lowest BCUT2D eigenvalue weighted by molar-refractivity contribution is 0.303. The Kier molecular flexibility index (Phi) is 5.69. The normalized spacial score (nSPS) is 10.1. The summed E-state index contributed by atoms with van der Waals surface area (Å²) in [5, 5.41) is 0. The van der Waals surface area contributed by atoms with Crippen molar-refractivity contribution in [3.05, 3.63) is 42.0 Å². The first-order valence-corrected chi connectivity index (χ1v) is 6.05. The Morgan fingerprint density at radius 3 is 2.69 bits per heavy atom. The minimum atomic E-state index is 0.820. The molecule has 16 heavy (non-hydrogen) atoms. The van der Waals surface area contributed by atoms with Crippen molar-refractivity contribution in [1.29, 1.82) is 0 Å². The number of hydrogen-bond acceptors (Lipinski definition) is 1. The lowest BCUT2D eigenvalue weighted by Gasteiger charge is -2.09. The third kappa shape index (κ3) is 4.52. The van der Waals surface area contributed by atoms with E-state index < -0.39 is 0 Å². The predicted molar refractivity (Wildman–Crippen MR) is 70.1 cm³/mol. The maximum absolute atomic E-state index is 5.75. The molecule has 0 spiro atoms. The Labute approximate surface area is 99.1 Å². The lowest BCUT2D eigenvalue weighted by atomic mass is 10.1. The molecule has 0 aliphatic carbocycles. The van der Waals surface area contributed by atoms with E-state index in [1.807, 2.05) is 6.08 Å². The van der Waals surface area contributed by atoms with E-state index in [-0.39, 0.29) is 0 Å². The van der Waals surface area contributed by atoms with E-state index in [1.54, 1.807) is 0 Å². The van der Waals surface area contributed by atoms with Crippen molar-refractivity contribution in [2.75, 3.05) is 6.61 Å². The van der Waals surface area contributed by atoms with Gasteiger partial charge in [-0.1, -0.05) is 23.8 Å². The lowest BCUT2D eigenvalue weighted by Crippen LogP contribution is -1.98. The van der Waals surface area contributed by atoms with Gasteiger partial charge in [-0.2, -0.15) is 0 Å². The first kappa shape index (κ1) is 12.8. The SMILES string of the molecule is C=CCCCCCOc1ccc(C)cc1C. The van der Waals surface area contributed by atoms with Crippen LogP contribution < -0.4 is 4.74 Å². The van der Waals surface area contributed by atoms with Gasteiger partial charge in [-0.05, 0) is 51.2 Å². The summed E-state index contributed by atoms with van der Waals surface area (Å²) >= 11 is 0. The van der Waals surface area contributed by atoms with E-state index in [9.17, 15) is 0 Å². The van der Waals surface area contributed by atoms with Crippen LogP contribution in [0.25, 0.3) is 0 Å². The van der Waals surface area contributed by atoms with Crippen molar-refractivity contribution >= 4 is 0 Å². The van der Waals surface area contributed by atoms with Gasteiger partial charge in [0.1, 0.15) is 5.75 Å². The van der Waals surface area contributed by atoms with Crippen LogP contribution in [0.4, 0.5) is 0 Å². The first-order chi connectivity index (χ1) is 7.74. The van der Waals surface area contributed by atoms with Gasteiger partial charge in [0, 0.05) is 0 Å². The van der Waals surface area contributed by atoms with E-state index >= 15 is 0 Å². The monoisotopic (exact) mass is 218 g/mol. The number of aryl methyl sites for hydroxylation is 2. The second-order valence-corrected chi connectivity index (χ2v) is 4.26. The molecule has 1 aromatic carbocycles. The quantitative estimate of drug-likeness (QED) is 0.486. The van der Waals surface area contributed by atoms with Gasteiger partial charge in [0.15, 0.2) is 0 Å². The molecule has 0 heterocycles. The Bertz CT molecular complexity index is 328. The number of unbranched alkanes of at least 4 members (excludes halogenated alkanes) is 3. The average molecular weight is 218 g/mol. The average Bonchev–Trinajstić information content (AvgIpc) is 2.26. The zero-order valence-electron chi connectivity index (χ0n) is 10.5. The Balaban J connectivity index is 2.24. The molecular formula is C15H22O. The van der Waals surface area contributed by atoms with Crippen LogP contribution in [0.2, 0.25) is 0 Å². The van der Waals surface area contributed by atoms with Crippen molar-refractivity contribution in [3.63, 3.8) is 0 Å². The van der Waals surface area contributed by atoms with Gasteiger partial charge in [-0.3, -0.25) is 0 Å². The molecule has 0 aliphatic rings. The third-order valence-electron chi connectivity index (χ3n) is 2.64. The van der Waals surface area contributed by atoms with Gasteiger partial charge in [-0.25, -0.2) is 0 Å². The van der Waals surface area contributed by atoms with Crippen molar-refractivity contribution in [2.45, 2.75) is 39.5 Å². The van der Waals surface area contributed by atoms with Crippen LogP contribution in [0.15, 0.2) is 30.9 Å². The molecule has 1 heteroatoms. The minimum Gasteiger partial charge on any atom is -0.493 e. The molecule has 0 saturated heterocycles. The van der Waals surface area contributed by atoms with Crippen LogP contribution >= 0.6 is 0 Å². The largest absolute Gasteiger partial charge is 0.493 e. The fourth-order valence-electron chi connectivity index (χ4n) is 1.71. The molecule has 1 nitrogen and oxygen atoms in total. The highest BCUT2D eigenvalue weighted by molar-refractivity contribution is 5.35. The molecule has 0 unspecified atom stereocenters. The minimum absolute atomic E-state index is 0.820. The van der Waals surface area contributed by atoms with Crippen LogP contribution in [-0.4, -0.2) is 6.61 Å². The molecule has 0 amide bonds. The number of rotatable bonds is 7. The van der Waals surface area contributed by atoms with E-state index in [1.165, 1.54) is 24.0 Å². The van der Waals surface area contributed by atoms with Gasteiger partial charge >= 0.3 is 0 Å². The zero-order valence-corrected chi connectivity index (χ0v) is 10.5. The fraction of sp³-hybridized carbons (Fsp3) is 0.467. The van der Waals surface area contributed by atoms with E-state index in [0.29, 0.717) is 0 Å². The second kappa shape index (κ2) is 7.10. The molecule has 0 bridgehead atoms. The molecule has 0 aliphatic heterocycles. The van der Waals surface area contributed by atoms with Crippen LogP contribution in [0.1, 0.15) is 36.8 Å². The Hall–Kier alpha value is -1.24. The van der Waals surface area contributed by atoms with Gasteiger partial charge in [0.2, 0.25) is 0 Å². The molecular weight excluding hydrogens is 196 g/mol. The number of allylic oxidation sites excluding steroid dienone is 1. The molecule has 88 valence electrons. The fourth-order valence-corrected chi connectivity index (χ4v) is 1.71. The number of benzene rings is 1. The molecule has 0 aromatic heterocycles. The predicted octanol–water partition coefficient (Wildman–Crippen LogP) is 4.43. The number of ether oxygens (including phenoxy) is 1. The van der Waals surface area contributed by atoms with Crippen molar-refractivity contribution in [3.8, 4) is 5.75 Å². The molecule has 1 rings (SSSR count). The zero-order chi connectivity index (χ0) is 11.8. The van der Waals surface area contributed by atoms with Crippen LogP contribution in [0, 0.1) is 13.8 Å². The molecule has 0 radical (unpaired) electrons. The van der Waals surface area contributed by atoms with Crippen molar-refractivity contribution in [1.82, 2.24) is 0 Å². The summed E-state index contributed by atoms with van der Waals surface area (Å²) in [4.78, 5) is 0. The van der Waals surface area contributed by atoms with E-state index in [0.717, 1.165) is 25.2 Å². The highest BCUT2D eigenvalue weighted by Crippen LogP contribution is 2.19. The highest BCUT2D eigenvalue weighted by atomic mass is 16.5. The molecule has 0 N–H and O–H groups in total. The van der Waals surface area contributed by atoms with E-state index in [2.05, 4.69) is 38.6 Å². The van der Waals surface area contributed by atoms with Gasteiger partial charge < -0.3 is 4.74 Å². The van der Waals surface area contributed by atoms with Crippen molar-refractivity contribution in [2.24, 2.45) is 0 Å². The smallest absolute Gasteiger partial charge is 0.122 e. The van der Waals surface area contributed by atoms with Crippen LogP contribution in [-0.2, 0) is 0 Å². The second-order valence-electron chi connectivity index (χ2n) is 4.26.